The number of rotatable bonds is 6. The highest BCUT2D eigenvalue weighted by Crippen LogP contribution is 2.34. The molecule has 1 fully saturated rings. The lowest BCUT2D eigenvalue weighted by Gasteiger charge is -2.40. The lowest BCUT2D eigenvalue weighted by atomic mass is 9.88. The van der Waals surface area contributed by atoms with Crippen LogP contribution in [0.3, 0.4) is 0 Å². The van der Waals surface area contributed by atoms with Crippen LogP contribution in [0, 0.1) is 18.7 Å². The molecule has 1 saturated heterocycles. The zero-order valence-electron chi connectivity index (χ0n) is 16.5. The van der Waals surface area contributed by atoms with Gasteiger partial charge in [-0.1, -0.05) is 12.1 Å². The van der Waals surface area contributed by atoms with Gasteiger partial charge in [-0.05, 0) is 50.8 Å². The molecule has 0 aliphatic carbocycles. The van der Waals surface area contributed by atoms with Gasteiger partial charge in [-0.3, -0.25) is 4.79 Å². The number of methoxy groups -OCH3 is 1. The maximum Gasteiger partial charge on any atom is 0.318 e. The molecule has 2 atom stereocenters. The molecule has 150 valence electrons. The van der Waals surface area contributed by atoms with Gasteiger partial charge in [-0.25, -0.2) is 9.18 Å². The molecule has 27 heavy (non-hydrogen) atoms. The van der Waals surface area contributed by atoms with Crippen molar-refractivity contribution in [2.45, 2.75) is 45.7 Å². The second kappa shape index (κ2) is 9.69. The zero-order chi connectivity index (χ0) is 20.0. The third-order valence-corrected chi connectivity index (χ3v) is 4.80. The van der Waals surface area contributed by atoms with Crippen LogP contribution in [0.5, 0.6) is 0 Å². The fourth-order valence-corrected chi connectivity index (χ4v) is 3.38. The second-order valence-corrected chi connectivity index (χ2v) is 7.34. The fraction of sp³-hybridized carbons (Fsp3) is 0.600. The van der Waals surface area contributed by atoms with Gasteiger partial charge in [0.2, 0.25) is 5.91 Å². The number of likely N-dealkylation sites (tertiary alicyclic amines) is 1. The van der Waals surface area contributed by atoms with E-state index < -0.39 is 0 Å². The highest BCUT2D eigenvalue weighted by Gasteiger charge is 2.35. The average Bonchev–Trinajstić information content (AvgIpc) is 2.63. The molecule has 0 spiro atoms. The topological polar surface area (TPSA) is 70.7 Å². The number of hydrogen-bond donors (Lipinski definition) is 2. The molecule has 1 heterocycles. The van der Waals surface area contributed by atoms with E-state index in [1.807, 2.05) is 13.8 Å². The molecule has 0 radical (unpaired) electrons. The predicted octanol–water partition coefficient (Wildman–Crippen LogP) is 2.77. The summed E-state index contributed by atoms with van der Waals surface area (Å²) < 4.78 is 18.6. The van der Waals surface area contributed by atoms with Crippen molar-refractivity contribution in [3.05, 3.63) is 35.1 Å². The third-order valence-electron chi connectivity index (χ3n) is 4.80. The van der Waals surface area contributed by atoms with Crippen molar-refractivity contribution >= 4 is 11.9 Å². The number of nitrogens with one attached hydrogen (secondary N) is 2. The number of nitrogens with zero attached hydrogens (tertiary/aromatic N) is 1. The maximum atomic E-state index is 13.7. The minimum atomic E-state index is -0.266. The van der Waals surface area contributed by atoms with Gasteiger partial charge in [0.15, 0.2) is 0 Å². The van der Waals surface area contributed by atoms with Crippen LogP contribution in [0.25, 0.3) is 0 Å². The summed E-state index contributed by atoms with van der Waals surface area (Å²) in [5, 5.41) is 5.76. The molecular formula is C20H30FN3O3. The van der Waals surface area contributed by atoms with Crippen LogP contribution in [0.15, 0.2) is 18.2 Å². The van der Waals surface area contributed by atoms with Gasteiger partial charge in [0, 0.05) is 26.2 Å². The van der Waals surface area contributed by atoms with Crippen LogP contribution >= 0.6 is 0 Å². The number of amides is 3. The number of benzene rings is 1. The Hall–Kier alpha value is -2.15. The largest absolute Gasteiger partial charge is 0.383 e. The Morgan fingerprint density at radius 3 is 2.70 bits per heavy atom. The summed E-state index contributed by atoms with van der Waals surface area (Å²) in [6, 6.07) is 4.56. The van der Waals surface area contributed by atoms with Crippen molar-refractivity contribution in [1.29, 1.82) is 0 Å². The smallest absolute Gasteiger partial charge is 0.318 e. The first-order chi connectivity index (χ1) is 12.8. The lowest BCUT2D eigenvalue weighted by Crippen LogP contribution is -2.51. The summed E-state index contributed by atoms with van der Waals surface area (Å²) >= 11 is 0. The number of hydrogen-bond acceptors (Lipinski definition) is 3. The number of piperidine rings is 1. The van der Waals surface area contributed by atoms with Crippen LogP contribution in [0.4, 0.5) is 9.18 Å². The van der Waals surface area contributed by atoms with Gasteiger partial charge in [0.05, 0.1) is 18.6 Å². The normalized spacial score (nSPS) is 19.9. The van der Waals surface area contributed by atoms with Crippen LogP contribution in [0.1, 0.15) is 43.9 Å². The molecule has 2 N–H and O–H groups in total. The molecule has 3 amide bonds. The van der Waals surface area contributed by atoms with Crippen molar-refractivity contribution in [2.75, 3.05) is 26.8 Å². The van der Waals surface area contributed by atoms with E-state index in [1.54, 1.807) is 31.1 Å². The summed E-state index contributed by atoms with van der Waals surface area (Å²) in [4.78, 5) is 26.9. The van der Waals surface area contributed by atoms with Crippen LogP contribution in [-0.4, -0.2) is 49.7 Å². The Morgan fingerprint density at radius 2 is 2.07 bits per heavy atom. The first-order valence-electron chi connectivity index (χ1n) is 9.43. The summed E-state index contributed by atoms with van der Waals surface area (Å²) in [6.07, 6.45) is 1.32. The van der Waals surface area contributed by atoms with Crippen molar-refractivity contribution in [1.82, 2.24) is 15.5 Å². The van der Waals surface area contributed by atoms with Crippen LogP contribution < -0.4 is 10.6 Å². The predicted molar refractivity (Wildman–Crippen MR) is 102 cm³/mol. The SMILES string of the molecule is COCCNC(=O)[C@@H]1CC[C@@H](c2ccc(F)c(C)c2)N(C(=O)NC(C)C)C1. The molecule has 0 bridgehead atoms. The Balaban J connectivity index is 2.17. The minimum Gasteiger partial charge on any atom is -0.383 e. The maximum absolute atomic E-state index is 13.7. The van der Waals surface area contributed by atoms with E-state index in [4.69, 9.17) is 4.74 Å². The van der Waals surface area contributed by atoms with Gasteiger partial charge >= 0.3 is 6.03 Å². The number of halogens is 1. The van der Waals surface area contributed by atoms with Gasteiger partial charge < -0.3 is 20.3 Å². The van der Waals surface area contributed by atoms with E-state index >= 15 is 0 Å². The van der Waals surface area contributed by atoms with Crippen molar-refractivity contribution < 1.29 is 18.7 Å². The fourth-order valence-electron chi connectivity index (χ4n) is 3.38. The number of carbonyl (C=O) groups excluding carboxylic acids is 2. The van der Waals surface area contributed by atoms with Crippen molar-refractivity contribution in [2.24, 2.45) is 5.92 Å². The van der Waals surface area contributed by atoms with E-state index in [1.165, 1.54) is 6.07 Å². The molecule has 1 aliphatic heterocycles. The van der Waals surface area contributed by atoms with Gasteiger partial charge in [-0.15, -0.1) is 0 Å². The van der Waals surface area contributed by atoms with Crippen molar-refractivity contribution in [3.63, 3.8) is 0 Å². The second-order valence-electron chi connectivity index (χ2n) is 7.34. The highest BCUT2D eigenvalue weighted by atomic mass is 19.1. The summed E-state index contributed by atoms with van der Waals surface area (Å²) in [7, 11) is 1.58. The van der Waals surface area contributed by atoms with Crippen molar-refractivity contribution in [3.8, 4) is 0 Å². The Bertz CT molecular complexity index is 666. The molecular weight excluding hydrogens is 349 g/mol. The standard InChI is InChI=1S/C20H30FN3O3/c1-13(2)23-20(26)24-12-16(19(25)22-9-10-27-4)6-8-18(24)15-5-7-17(21)14(3)11-15/h5,7,11,13,16,18H,6,8-10,12H2,1-4H3,(H,22,25)(H,23,26)/t16-,18+/m1/s1. The van der Waals surface area contributed by atoms with Crippen LogP contribution in [0.2, 0.25) is 0 Å². The number of ether oxygens (including phenoxy) is 1. The Labute approximate surface area is 160 Å². The molecule has 7 heteroatoms. The molecule has 2 rings (SSSR count). The van der Waals surface area contributed by atoms with E-state index in [9.17, 15) is 14.0 Å². The van der Waals surface area contributed by atoms with Gasteiger partial charge in [0.1, 0.15) is 5.82 Å². The first kappa shape index (κ1) is 21.2. The summed E-state index contributed by atoms with van der Waals surface area (Å²) in [6.45, 7) is 6.74. The van der Waals surface area contributed by atoms with Gasteiger partial charge in [0.25, 0.3) is 0 Å². The number of urea groups is 1. The first-order valence-corrected chi connectivity index (χ1v) is 9.43. The average molecular weight is 379 g/mol. The van der Waals surface area contributed by atoms with Crippen LogP contribution in [-0.2, 0) is 9.53 Å². The lowest BCUT2D eigenvalue weighted by molar-refractivity contribution is -0.127. The molecule has 0 unspecified atom stereocenters. The molecule has 1 aromatic carbocycles. The number of aryl methyl sites for hydroxylation is 1. The molecule has 1 aliphatic rings. The third kappa shape index (κ3) is 5.66. The summed E-state index contributed by atoms with van der Waals surface area (Å²) in [5.74, 6) is -0.594. The quantitative estimate of drug-likeness (QED) is 0.747. The monoisotopic (exact) mass is 379 g/mol. The summed E-state index contributed by atoms with van der Waals surface area (Å²) in [5.41, 5.74) is 1.45. The van der Waals surface area contributed by atoms with E-state index in [-0.39, 0.29) is 35.8 Å². The van der Waals surface area contributed by atoms with E-state index in [2.05, 4.69) is 10.6 Å². The molecule has 0 saturated carbocycles. The van der Waals surface area contributed by atoms with Gasteiger partial charge in [-0.2, -0.15) is 0 Å². The van der Waals surface area contributed by atoms with E-state index in [0.717, 1.165) is 5.56 Å². The van der Waals surface area contributed by atoms with E-state index in [0.29, 0.717) is 38.1 Å². The Morgan fingerprint density at radius 1 is 1.33 bits per heavy atom. The molecule has 6 nitrogen and oxygen atoms in total. The Kier molecular flexibility index (Phi) is 7.59. The zero-order valence-corrected chi connectivity index (χ0v) is 16.5. The molecule has 1 aromatic rings. The molecule has 0 aromatic heterocycles. The number of carbonyl (C=O) groups is 2. The minimum absolute atomic E-state index is 0.0102. The highest BCUT2D eigenvalue weighted by molar-refractivity contribution is 5.81.